The van der Waals surface area contributed by atoms with E-state index in [1.807, 2.05) is 39.0 Å². The Morgan fingerprint density at radius 1 is 1.29 bits per heavy atom. The van der Waals surface area contributed by atoms with Crippen molar-refractivity contribution in [2.75, 3.05) is 11.9 Å². The number of carbonyl (C=O) groups is 1. The van der Waals surface area contributed by atoms with Crippen molar-refractivity contribution in [1.29, 1.82) is 0 Å². The van der Waals surface area contributed by atoms with Crippen LogP contribution in [0.3, 0.4) is 0 Å². The van der Waals surface area contributed by atoms with Gasteiger partial charge in [0.25, 0.3) is 5.91 Å². The van der Waals surface area contributed by atoms with Gasteiger partial charge in [-0.2, -0.15) is 0 Å². The lowest BCUT2D eigenvalue weighted by Crippen LogP contribution is -2.25. The molecule has 0 spiro atoms. The standard InChI is InChI=1S/C16H20N4O/c1-4-17-14-8-12(3)19-9-13(14)16(21)20-10-15-11(2)6-5-7-18-15/h5-9H,4,10H2,1-3H3,(H,17,19)(H,20,21). The van der Waals surface area contributed by atoms with Gasteiger partial charge in [-0.3, -0.25) is 14.8 Å². The molecule has 0 fully saturated rings. The second-order valence-corrected chi connectivity index (χ2v) is 4.85. The average molecular weight is 284 g/mol. The number of hydrogen-bond donors (Lipinski definition) is 2. The summed E-state index contributed by atoms with van der Waals surface area (Å²) in [5.41, 5.74) is 4.17. The monoisotopic (exact) mass is 284 g/mol. The fourth-order valence-electron chi connectivity index (χ4n) is 2.04. The molecule has 2 heterocycles. The number of carbonyl (C=O) groups excluding carboxylic acids is 1. The number of hydrogen-bond acceptors (Lipinski definition) is 4. The normalized spacial score (nSPS) is 10.2. The van der Waals surface area contributed by atoms with Gasteiger partial charge in [0.2, 0.25) is 0 Å². The van der Waals surface area contributed by atoms with Crippen LogP contribution in [0.25, 0.3) is 0 Å². The third kappa shape index (κ3) is 3.78. The zero-order chi connectivity index (χ0) is 15.2. The van der Waals surface area contributed by atoms with Crippen LogP contribution < -0.4 is 10.6 Å². The summed E-state index contributed by atoms with van der Waals surface area (Å²) < 4.78 is 0. The molecular weight excluding hydrogens is 264 g/mol. The lowest BCUT2D eigenvalue weighted by molar-refractivity contribution is 0.0951. The molecule has 0 saturated heterocycles. The van der Waals surface area contributed by atoms with Gasteiger partial charge in [-0.1, -0.05) is 6.07 Å². The third-order valence-electron chi connectivity index (χ3n) is 3.19. The zero-order valence-electron chi connectivity index (χ0n) is 12.6. The molecule has 5 heteroatoms. The van der Waals surface area contributed by atoms with Crippen LogP contribution in [0.1, 0.15) is 34.2 Å². The van der Waals surface area contributed by atoms with Crippen LogP contribution in [0, 0.1) is 13.8 Å². The van der Waals surface area contributed by atoms with Crippen LogP contribution in [0.15, 0.2) is 30.6 Å². The number of nitrogens with one attached hydrogen (secondary N) is 2. The van der Waals surface area contributed by atoms with Crippen molar-refractivity contribution in [3.05, 3.63) is 53.1 Å². The van der Waals surface area contributed by atoms with Crippen LogP contribution in [0.2, 0.25) is 0 Å². The van der Waals surface area contributed by atoms with E-state index in [1.165, 1.54) is 0 Å². The van der Waals surface area contributed by atoms with Gasteiger partial charge in [0.1, 0.15) is 0 Å². The summed E-state index contributed by atoms with van der Waals surface area (Å²) in [5.74, 6) is -0.150. The molecule has 0 atom stereocenters. The smallest absolute Gasteiger partial charge is 0.255 e. The molecule has 0 bridgehead atoms. The Balaban J connectivity index is 2.12. The highest BCUT2D eigenvalue weighted by molar-refractivity contribution is 5.99. The van der Waals surface area contributed by atoms with Gasteiger partial charge in [0.15, 0.2) is 0 Å². The first-order valence-electron chi connectivity index (χ1n) is 7.01. The van der Waals surface area contributed by atoms with Crippen molar-refractivity contribution in [3.8, 4) is 0 Å². The molecule has 2 rings (SSSR count). The summed E-state index contributed by atoms with van der Waals surface area (Å²) in [7, 11) is 0. The van der Waals surface area contributed by atoms with Crippen molar-refractivity contribution < 1.29 is 4.79 Å². The quantitative estimate of drug-likeness (QED) is 0.885. The minimum Gasteiger partial charge on any atom is -0.385 e. The third-order valence-corrected chi connectivity index (χ3v) is 3.19. The molecule has 0 radical (unpaired) electrons. The summed E-state index contributed by atoms with van der Waals surface area (Å²) in [6.45, 7) is 7.04. The zero-order valence-corrected chi connectivity index (χ0v) is 12.6. The number of aryl methyl sites for hydroxylation is 2. The van der Waals surface area contributed by atoms with Gasteiger partial charge < -0.3 is 10.6 Å². The molecule has 0 aromatic carbocycles. The SMILES string of the molecule is CCNc1cc(C)ncc1C(=O)NCc1ncccc1C. The molecule has 0 aliphatic carbocycles. The Hall–Kier alpha value is -2.43. The Labute approximate surface area is 124 Å². The Morgan fingerprint density at radius 2 is 2.10 bits per heavy atom. The second kappa shape index (κ2) is 6.83. The maximum atomic E-state index is 12.3. The summed E-state index contributed by atoms with van der Waals surface area (Å²) >= 11 is 0. The Bertz CT molecular complexity index is 640. The number of aromatic nitrogens is 2. The van der Waals surface area contributed by atoms with E-state index in [0.29, 0.717) is 12.1 Å². The molecule has 0 aliphatic heterocycles. The van der Waals surface area contributed by atoms with E-state index in [-0.39, 0.29) is 5.91 Å². The molecular formula is C16H20N4O. The second-order valence-electron chi connectivity index (χ2n) is 4.85. The molecule has 2 aromatic rings. The lowest BCUT2D eigenvalue weighted by Gasteiger charge is -2.12. The predicted octanol–water partition coefficient (Wildman–Crippen LogP) is 2.46. The van der Waals surface area contributed by atoms with E-state index in [1.54, 1.807) is 12.4 Å². The van der Waals surface area contributed by atoms with E-state index < -0.39 is 0 Å². The van der Waals surface area contributed by atoms with E-state index in [2.05, 4.69) is 20.6 Å². The van der Waals surface area contributed by atoms with Crippen molar-refractivity contribution in [3.63, 3.8) is 0 Å². The van der Waals surface area contributed by atoms with Crippen LogP contribution in [-0.2, 0) is 6.54 Å². The summed E-state index contributed by atoms with van der Waals surface area (Å²) in [4.78, 5) is 20.8. The highest BCUT2D eigenvalue weighted by Crippen LogP contribution is 2.15. The van der Waals surface area contributed by atoms with E-state index in [4.69, 9.17) is 0 Å². The van der Waals surface area contributed by atoms with Crippen molar-refractivity contribution in [2.45, 2.75) is 27.3 Å². The minimum atomic E-state index is -0.150. The number of pyridine rings is 2. The summed E-state index contributed by atoms with van der Waals surface area (Å²) in [6, 6.07) is 5.74. The topological polar surface area (TPSA) is 66.9 Å². The average Bonchev–Trinajstić information content (AvgIpc) is 2.46. The molecule has 0 saturated carbocycles. The molecule has 5 nitrogen and oxygen atoms in total. The van der Waals surface area contributed by atoms with E-state index in [0.717, 1.165) is 29.2 Å². The predicted molar refractivity (Wildman–Crippen MR) is 83.3 cm³/mol. The van der Waals surface area contributed by atoms with Crippen LogP contribution in [-0.4, -0.2) is 22.4 Å². The fraction of sp³-hybridized carbons (Fsp3) is 0.312. The maximum absolute atomic E-state index is 12.3. The van der Waals surface area contributed by atoms with E-state index >= 15 is 0 Å². The first kappa shape index (κ1) is 15.0. The van der Waals surface area contributed by atoms with Gasteiger partial charge >= 0.3 is 0 Å². The highest BCUT2D eigenvalue weighted by Gasteiger charge is 2.12. The first-order chi connectivity index (χ1) is 10.1. The largest absolute Gasteiger partial charge is 0.385 e. The molecule has 2 N–H and O–H groups in total. The van der Waals surface area contributed by atoms with Crippen LogP contribution in [0.4, 0.5) is 5.69 Å². The van der Waals surface area contributed by atoms with Crippen LogP contribution in [0.5, 0.6) is 0 Å². The number of anilines is 1. The highest BCUT2D eigenvalue weighted by atomic mass is 16.1. The number of nitrogens with zero attached hydrogens (tertiary/aromatic N) is 2. The summed E-state index contributed by atoms with van der Waals surface area (Å²) in [5, 5.41) is 6.08. The van der Waals surface area contributed by atoms with Gasteiger partial charge in [-0.25, -0.2) is 0 Å². The Morgan fingerprint density at radius 3 is 2.81 bits per heavy atom. The Kier molecular flexibility index (Phi) is 4.87. The van der Waals surface area contributed by atoms with Gasteiger partial charge in [-0.15, -0.1) is 0 Å². The molecule has 110 valence electrons. The number of rotatable bonds is 5. The fourth-order valence-corrected chi connectivity index (χ4v) is 2.04. The van der Waals surface area contributed by atoms with E-state index in [9.17, 15) is 4.79 Å². The van der Waals surface area contributed by atoms with Crippen molar-refractivity contribution >= 4 is 11.6 Å². The first-order valence-corrected chi connectivity index (χ1v) is 7.01. The maximum Gasteiger partial charge on any atom is 0.255 e. The minimum absolute atomic E-state index is 0.150. The van der Waals surface area contributed by atoms with Crippen LogP contribution >= 0.6 is 0 Å². The number of amides is 1. The van der Waals surface area contributed by atoms with Gasteiger partial charge in [-0.05, 0) is 38.5 Å². The molecule has 2 aromatic heterocycles. The van der Waals surface area contributed by atoms with Crippen molar-refractivity contribution in [1.82, 2.24) is 15.3 Å². The van der Waals surface area contributed by atoms with Gasteiger partial charge in [0.05, 0.1) is 23.5 Å². The van der Waals surface area contributed by atoms with Gasteiger partial charge in [0, 0.05) is 24.6 Å². The molecule has 21 heavy (non-hydrogen) atoms. The molecule has 1 amide bonds. The summed E-state index contributed by atoms with van der Waals surface area (Å²) in [6.07, 6.45) is 3.33. The lowest BCUT2D eigenvalue weighted by atomic mass is 10.1. The molecule has 0 unspecified atom stereocenters. The molecule has 0 aliphatic rings. The van der Waals surface area contributed by atoms with Crippen molar-refractivity contribution in [2.24, 2.45) is 0 Å².